The van der Waals surface area contributed by atoms with Crippen molar-refractivity contribution < 1.29 is 14.4 Å². The third kappa shape index (κ3) is 7.13. The first-order chi connectivity index (χ1) is 14.1. The van der Waals surface area contributed by atoms with Gasteiger partial charge in [-0.05, 0) is 48.6 Å². The van der Waals surface area contributed by atoms with Gasteiger partial charge in [-0.1, -0.05) is 25.3 Å². The Kier molecular flexibility index (Phi) is 7.99. The number of nitrogens with one attached hydrogen (secondary N) is 2. The summed E-state index contributed by atoms with van der Waals surface area (Å²) >= 11 is 1.38. The number of amides is 1. The van der Waals surface area contributed by atoms with E-state index >= 15 is 0 Å². The normalized spacial score (nSPS) is 14.3. The van der Waals surface area contributed by atoms with Crippen molar-refractivity contribution in [3.63, 3.8) is 0 Å². The maximum absolute atomic E-state index is 12.1. The van der Waals surface area contributed by atoms with Crippen LogP contribution in [0.1, 0.15) is 67.5 Å². The zero-order chi connectivity index (χ0) is 20.5. The fraction of sp³-hybridized carbons (Fsp3) is 0.435. The van der Waals surface area contributed by atoms with Crippen LogP contribution in [0.25, 0.3) is 0 Å². The van der Waals surface area contributed by atoms with Gasteiger partial charge in [0, 0.05) is 43.1 Å². The summed E-state index contributed by atoms with van der Waals surface area (Å²) in [7, 11) is 0. The fourth-order valence-corrected chi connectivity index (χ4v) is 4.24. The van der Waals surface area contributed by atoms with Crippen LogP contribution in [0.3, 0.4) is 0 Å². The summed E-state index contributed by atoms with van der Waals surface area (Å²) in [4.78, 5) is 36.7. The molecule has 1 aliphatic carbocycles. The summed E-state index contributed by atoms with van der Waals surface area (Å²) in [6.07, 6.45) is 7.01. The molecule has 0 aliphatic heterocycles. The maximum atomic E-state index is 12.1. The van der Waals surface area contributed by atoms with E-state index in [0.717, 1.165) is 11.4 Å². The first kappa shape index (κ1) is 21.2. The lowest BCUT2D eigenvalue weighted by molar-refractivity contribution is -0.122. The van der Waals surface area contributed by atoms with Gasteiger partial charge in [0.25, 0.3) is 0 Å². The molecule has 0 unspecified atom stereocenters. The van der Waals surface area contributed by atoms with Gasteiger partial charge in [-0.3, -0.25) is 14.4 Å². The highest BCUT2D eigenvalue weighted by atomic mass is 32.1. The molecule has 1 saturated carbocycles. The minimum absolute atomic E-state index is 0.0141. The van der Waals surface area contributed by atoms with E-state index in [0.29, 0.717) is 10.9 Å². The molecule has 1 aromatic heterocycles. The van der Waals surface area contributed by atoms with Gasteiger partial charge in [-0.25, -0.2) is 0 Å². The number of anilines is 2. The zero-order valence-corrected chi connectivity index (χ0v) is 17.4. The standard InChI is InChI=1S/C23H28N2O3S/c26-20(12-14-21(27)22-7-4-16-29-22)13-15-23(28)25-19-10-8-18(9-11-19)24-17-5-2-1-3-6-17/h4,7-11,16-17,24H,1-3,5-6,12-15H2,(H,25,28). The van der Waals surface area contributed by atoms with E-state index in [2.05, 4.69) is 10.6 Å². The second-order valence-electron chi connectivity index (χ2n) is 7.54. The van der Waals surface area contributed by atoms with E-state index in [9.17, 15) is 14.4 Å². The Labute approximate surface area is 175 Å². The van der Waals surface area contributed by atoms with Crippen LogP contribution in [0.2, 0.25) is 0 Å². The number of carbonyl (C=O) groups excluding carboxylic acids is 3. The molecular formula is C23H28N2O3S. The van der Waals surface area contributed by atoms with E-state index in [1.54, 1.807) is 6.07 Å². The summed E-state index contributed by atoms with van der Waals surface area (Å²) in [5, 5.41) is 8.23. The van der Waals surface area contributed by atoms with Crippen LogP contribution in [0.5, 0.6) is 0 Å². The molecule has 5 nitrogen and oxygen atoms in total. The predicted octanol–water partition coefficient (Wildman–Crippen LogP) is 5.44. The smallest absolute Gasteiger partial charge is 0.224 e. The van der Waals surface area contributed by atoms with Gasteiger partial charge in [0.1, 0.15) is 5.78 Å². The summed E-state index contributed by atoms with van der Waals surface area (Å²) in [5.41, 5.74) is 1.80. The van der Waals surface area contributed by atoms with Crippen LogP contribution in [0.15, 0.2) is 41.8 Å². The molecule has 6 heteroatoms. The molecule has 154 valence electrons. The van der Waals surface area contributed by atoms with Gasteiger partial charge >= 0.3 is 0 Å². The first-order valence-electron chi connectivity index (χ1n) is 10.3. The quantitative estimate of drug-likeness (QED) is 0.509. The first-order valence-corrected chi connectivity index (χ1v) is 11.2. The van der Waals surface area contributed by atoms with Gasteiger partial charge in [-0.15, -0.1) is 11.3 Å². The number of thiophene rings is 1. The minimum Gasteiger partial charge on any atom is -0.382 e. The van der Waals surface area contributed by atoms with Gasteiger partial charge in [0.2, 0.25) is 5.91 Å². The molecular weight excluding hydrogens is 384 g/mol. The Morgan fingerprint density at radius 2 is 1.55 bits per heavy atom. The Bertz CT molecular complexity index is 809. The molecule has 0 radical (unpaired) electrons. The molecule has 0 bridgehead atoms. The van der Waals surface area contributed by atoms with Crippen molar-refractivity contribution in [2.24, 2.45) is 0 Å². The van der Waals surface area contributed by atoms with Gasteiger partial charge < -0.3 is 10.6 Å². The van der Waals surface area contributed by atoms with Crippen LogP contribution in [-0.2, 0) is 9.59 Å². The lowest BCUT2D eigenvalue weighted by atomic mass is 9.95. The summed E-state index contributed by atoms with van der Waals surface area (Å²) in [5.74, 6) is -0.257. The molecule has 1 heterocycles. The minimum atomic E-state index is -0.184. The molecule has 1 aromatic carbocycles. The highest BCUT2D eigenvalue weighted by Crippen LogP contribution is 2.22. The number of carbonyl (C=O) groups is 3. The average Bonchev–Trinajstić information content (AvgIpc) is 3.28. The summed E-state index contributed by atoms with van der Waals surface area (Å²) in [6, 6.07) is 11.8. The lowest BCUT2D eigenvalue weighted by Gasteiger charge is -2.23. The fourth-order valence-electron chi connectivity index (χ4n) is 3.55. The van der Waals surface area contributed by atoms with E-state index in [1.165, 1.54) is 43.4 Å². The van der Waals surface area contributed by atoms with Gasteiger partial charge in [-0.2, -0.15) is 0 Å². The number of benzene rings is 1. The molecule has 0 saturated heterocycles. The third-order valence-corrected chi connectivity index (χ3v) is 6.11. The zero-order valence-electron chi connectivity index (χ0n) is 16.6. The van der Waals surface area contributed by atoms with Crippen molar-refractivity contribution >= 4 is 40.2 Å². The number of Topliss-reactive ketones (excluding diaryl/α,β-unsaturated/α-hetero) is 2. The van der Waals surface area contributed by atoms with Crippen molar-refractivity contribution in [1.82, 2.24) is 0 Å². The van der Waals surface area contributed by atoms with Gasteiger partial charge in [0.15, 0.2) is 5.78 Å². The van der Waals surface area contributed by atoms with E-state index in [-0.39, 0.29) is 43.2 Å². The van der Waals surface area contributed by atoms with Crippen LogP contribution >= 0.6 is 11.3 Å². The number of rotatable bonds is 10. The van der Waals surface area contributed by atoms with E-state index in [1.807, 2.05) is 35.7 Å². The molecule has 3 rings (SSSR count). The van der Waals surface area contributed by atoms with Gasteiger partial charge in [0.05, 0.1) is 4.88 Å². The molecule has 1 aliphatic rings. The van der Waals surface area contributed by atoms with Crippen LogP contribution in [-0.4, -0.2) is 23.5 Å². The largest absolute Gasteiger partial charge is 0.382 e. The Balaban J connectivity index is 1.35. The monoisotopic (exact) mass is 412 g/mol. The topological polar surface area (TPSA) is 75.3 Å². The molecule has 2 N–H and O–H groups in total. The highest BCUT2D eigenvalue weighted by Gasteiger charge is 2.14. The molecule has 0 spiro atoms. The maximum Gasteiger partial charge on any atom is 0.224 e. The Hall–Kier alpha value is -2.47. The van der Waals surface area contributed by atoms with Crippen molar-refractivity contribution in [3.05, 3.63) is 46.7 Å². The SMILES string of the molecule is O=C(CCC(=O)Nc1ccc(NC2CCCCC2)cc1)CCC(=O)c1cccs1. The Morgan fingerprint density at radius 1 is 0.862 bits per heavy atom. The molecule has 1 amide bonds. The van der Waals surface area contributed by atoms with Crippen molar-refractivity contribution in [2.75, 3.05) is 10.6 Å². The lowest BCUT2D eigenvalue weighted by Crippen LogP contribution is -2.22. The average molecular weight is 413 g/mol. The Morgan fingerprint density at radius 3 is 2.24 bits per heavy atom. The molecule has 0 atom stereocenters. The number of ketones is 2. The molecule has 2 aromatic rings. The highest BCUT2D eigenvalue weighted by molar-refractivity contribution is 7.12. The van der Waals surface area contributed by atoms with E-state index < -0.39 is 0 Å². The third-order valence-electron chi connectivity index (χ3n) is 5.20. The second-order valence-corrected chi connectivity index (χ2v) is 8.49. The van der Waals surface area contributed by atoms with Crippen LogP contribution < -0.4 is 10.6 Å². The summed E-state index contributed by atoms with van der Waals surface area (Å²) < 4.78 is 0. The van der Waals surface area contributed by atoms with Crippen LogP contribution in [0, 0.1) is 0 Å². The van der Waals surface area contributed by atoms with E-state index in [4.69, 9.17) is 0 Å². The van der Waals surface area contributed by atoms with Crippen LogP contribution in [0.4, 0.5) is 11.4 Å². The number of hydrogen-bond donors (Lipinski definition) is 2. The van der Waals surface area contributed by atoms with Crippen molar-refractivity contribution in [2.45, 2.75) is 63.8 Å². The van der Waals surface area contributed by atoms with Crippen molar-refractivity contribution in [3.8, 4) is 0 Å². The molecule has 29 heavy (non-hydrogen) atoms. The number of hydrogen-bond acceptors (Lipinski definition) is 5. The predicted molar refractivity (Wildman–Crippen MR) is 118 cm³/mol. The summed E-state index contributed by atoms with van der Waals surface area (Å²) in [6.45, 7) is 0. The van der Waals surface area contributed by atoms with Crippen molar-refractivity contribution in [1.29, 1.82) is 0 Å². The molecule has 1 fully saturated rings. The second kappa shape index (κ2) is 10.9.